The van der Waals surface area contributed by atoms with E-state index in [0.29, 0.717) is 23.7 Å². The number of rotatable bonds is 6. The van der Waals surface area contributed by atoms with Gasteiger partial charge in [-0.25, -0.2) is 4.79 Å². The topological polar surface area (TPSA) is 58.6 Å². The van der Waals surface area contributed by atoms with E-state index in [1.54, 1.807) is 6.92 Å². The van der Waals surface area contributed by atoms with E-state index in [2.05, 4.69) is 42.3 Å². The second-order valence-electron chi connectivity index (χ2n) is 7.04. The highest BCUT2D eigenvalue weighted by molar-refractivity contribution is 7.16. The molecular formula is C21H26N2O3S. The molecule has 2 heterocycles. The number of carbonyl (C=O) groups excluding carboxylic acids is 2. The number of benzene rings is 1. The molecule has 144 valence electrons. The van der Waals surface area contributed by atoms with Gasteiger partial charge in [0.2, 0.25) is 5.91 Å². The summed E-state index contributed by atoms with van der Waals surface area (Å²) in [7, 11) is 0. The van der Waals surface area contributed by atoms with E-state index in [1.165, 1.54) is 22.5 Å². The molecule has 1 aliphatic heterocycles. The number of carbonyl (C=O) groups is 2. The summed E-state index contributed by atoms with van der Waals surface area (Å²) in [5, 5.41) is 3.52. The minimum absolute atomic E-state index is 0.0999. The van der Waals surface area contributed by atoms with E-state index >= 15 is 0 Å². The highest BCUT2D eigenvalue weighted by Crippen LogP contribution is 2.33. The molecule has 2 aromatic rings. The van der Waals surface area contributed by atoms with Gasteiger partial charge in [0.1, 0.15) is 5.00 Å². The zero-order valence-corrected chi connectivity index (χ0v) is 16.9. The van der Waals surface area contributed by atoms with Gasteiger partial charge in [0.05, 0.1) is 18.7 Å². The average Bonchev–Trinajstić information content (AvgIpc) is 3.06. The lowest BCUT2D eigenvalue weighted by atomic mass is 10.00. The Hall–Kier alpha value is -2.18. The third kappa shape index (κ3) is 4.76. The number of nitrogens with zero attached hydrogens (tertiary/aromatic N) is 1. The van der Waals surface area contributed by atoms with Crippen LogP contribution in [0.1, 0.15) is 53.1 Å². The Morgan fingerprint density at radius 1 is 1.26 bits per heavy atom. The quantitative estimate of drug-likeness (QED) is 0.761. The van der Waals surface area contributed by atoms with Gasteiger partial charge in [-0.3, -0.25) is 9.69 Å². The van der Waals surface area contributed by atoms with Crippen LogP contribution in [0.2, 0.25) is 0 Å². The summed E-state index contributed by atoms with van der Waals surface area (Å²) in [6.07, 6.45) is 0.952. The molecule has 1 N–H and O–H groups in total. The summed E-state index contributed by atoms with van der Waals surface area (Å²) >= 11 is 1.45. The zero-order chi connectivity index (χ0) is 19.4. The Kier molecular flexibility index (Phi) is 6.29. The van der Waals surface area contributed by atoms with Crippen LogP contribution >= 0.6 is 11.3 Å². The van der Waals surface area contributed by atoms with Gasteiger partial charge >= 0.3 is 5.97 Å². The summed E-state index contributed by atoms with van der Waals surface area (Å²) in [5.74, 6) is -0.202. The number of anilines is 1. The van der Waals surface area contributed by atoms with E-state index in [0.717, 1.165) is 24.4 Å². The van der Waals surface area contributed by atoms with Crippen molar-refractivity contribution in [2.45, 2.75) is 39.7 Å². The van der Waals surface area contributed by atoms with Crippen molar-refractivity contribution in [1.29, 1.82) is 0 Å². The van der Waals surface area contributed by atoms with Crippen molar-refractivity contribution in [3.05, 3.63) is 51.9 Å². The number of fused-ring (bicyclic) bond motifs is 1. The maximum absolute atomic E-state index is 12.6. The minimum atomic E-state index is -0.386. The fourth-order valence-corrected chi connectivity index (χ4v) is 4.27. The van der Waals surface area contributed by atoms with Gasteiger partial charge in [0.25, 0.3) is 0 Å². The molecule has 27 heavy (non-hydrogen) atoms. The van der Waals surface area contributed by atoms with Gasteiger partial charge in [0, 0.05) is 18.0 Å². The summed E-state index contributed by atoms with van der Waals surface area (Å²) in [6, 6.07) is 10.2. The SMILES string of the molecule is CCOC(=O)c1cc(C(C)C)sc1NC(=O)CN1CCc2ccccc2C1. The molecule has 3 rings (SSSR count). The third-order valence-corrected chi connectivity index (χ3v) is 6.00. The lowest BCUT2D eigenvalue weighted by Gasteiger charge is -2.28. The predicted molar refractivity (Wildman–Crippen MR) is 108 cm³/mol. The average molecular weight is 387 g/mol. The molecule has 0 atom stereocenters. The number of hydrogen-bond donors (Lipinski definition) is 1. The molecule has 0 saturated carbocycles. The van der Waals surface area contributed by atoms with Crippen LogP contribution in [-0.4, -0.2) is 36.5 Å². The second kappa shape index (κ2) is 8.67. The van der Waals surface area contributed by atoms with Crippen molar-refractivity contribution in [3.8, 4) is 0 Å². The zero-order valence-electron chi connectivity index (χ0n) is 16.1. The highest BCUT2D eigenvalue weighted by atomic mass is 32.1. The predicted octanol–water partition coefficient (Wildman–Crippen LogP) is 4.05. The van der Waals surface area contributed by atoms with Crippen LogP contribution in [0.4, 0.5) is 5.00 Å². The third-order valence-electron chi connectivity index (χ3n) is 4.65. The van der Waals surface area contributed by atoms with Crippen LogP contribution < -0.4 is 5.32 Å². The molecule has 0 aliphatic carbocycles. The molecule has 5 nitrogen and oxygen atoms in total. The second-order valence-corrected chi connectivity index (χ2v) is 8.13. The Bertz CT molecular complexity index is 829. The van der Waals surface area contributed by atoms with Crippen LogP contribution in [0.3, 0.4) is 0 Å². The smallest absolute Gasteiger partial charge is 0.341 e. The van der Waals surface area contributed by atoms with Crippen LogP contribution in [0, 0.1) is 0 Å². The lowest BCUT2D eigenvalue weighted by molar-refractivity contribution is -0.117. The molecule has 0 saturated heterocycles. The van der Waals surface area contributed by atoms with E-state index in [4.69, 9.17) is 4.74 Å². The number of thiophene rings is 1. The summed E-state index contributed by atoms with van der Waals surface area (Å²) in [5.41, 5.74) is 3.09. The first-order valence-corrected chi connectivity index (χ1v) is 10.2. The van der Waals surface area contributed by atoms with Gasteiger partial charge in [-0.2, -0.15) is 0 Å². The van der Waals surface area contributed by atoms with Crippen molar-refractivity contribution >= 4 is 28.2 Å². The van der Waals surface area contributed by atoms with E-state index in [9.17, 15) is 9.59 Å². The monoisotopic (exact) mass is 386 g/mol. The van der Waals surface area contributed by atoms with Gasteiger partial charge in [-0.05, 0) is 36.5 Å². The number of esters is 1. The van der Waals surface area contributed by atoms with Crippen LogP contribution in [0.15, 0.2) is 30.3 Å². The number of nitrogens with one attached hydrogen (secondary N) is 1. The largest absolute Gasteiger partial charge is 0.462 e. The molecule has 1 aromatic carbocycles. The fourth-order valence-electron chi connectivity index (χ4n) is 3.21. The summed E-state index contributed by atoms with van der Waals surface area (Å²) in [4.78, 5) is 28.0. The number of amides is 1. The molecule has 0 fully saturated rings. The van der Waals surface area contributed by atoms with Gasteiger partial charge in [0.15, 0.2) is 0 Å². The maximum atomic E-state index is 12.6. The van der Waals surface area contributed by atoms with Crippen molar-refractivity contribution in [3.63, 3.8) is 0 Å². The molecule has 0 unspecified atom stereocenters. The van der Waals surface area contributed by atoms with Crippen LogP contribution in [0.25, 0.3) is 0 Å². The van der Waals surface area contributed by atoms with Gasteiger partial charge < -0.3 is 10.1 Å². The Labute approximate surface area is 164 Å². The molecular weight excluding hydrogens is 360 g/mol. The Morgan fingerprint density at radius 2 is 2.00 bits per heavy atom. The number of hydrogen-bond acceptors (Lipinski definition) is 5. The van der Waals surface area contributed by atoms with Crippen LogP contribution in [-0.2, 0) is 22.5 Å². The minimum Gasteiger partial charge on any atom is -0.462 e. The molecule has 0 bridgehead atoms. The van der Waals surface area contributed by atoms with Crippen molar-refractivity contribution in [1.82, 2.24) is 4.90 Å². The molecule has 6 heteroatoms. The lowest BCUT2D eigenvalue weighted by Crippen LogP contribution is -2.37. The summed E-state index contributed by atoms with van der Waals surface area (Å²) in [6.45, 7) is 8.17. The highest BCUT2D eigenvalue weighted by Gasteiger charge is 2.22. The molecule has 1 aromatic heterocycles. The summed E-state index contributed by atoms with van der Waals surface area (Å²) < 4.78 is 5.14. The Balaban J connectivity index is 1.68. The fraction of sp³-hybridized carbons (Fsp3) is 0.429. The maximum Gasteiger partial charge on any atom is 0.341 e. The first kappa shape index (κ1) is 19.6. The molecule has 1 amide bonds. The Morgan fingerprint density at radius 3 is 2.70 bits per heavy atom. The molecule has 0 radical (unpaired) electrons. The van der Waals surface area contributed by atoms with Crippen molar-refractivity contribution in [2.24, 2.45) is 0 Å². The van der Waals surface area contributed by atoms with E-state index < -0.39 is 0 Å². The van der Waals surface area contributed by atoms with Crippen molar-refractivity contribution in [2.75, 3.05) is 25.0 Å². The van der Waals surface area contributed by atoms with Gasteiger partial charge in [-0.15, -0.1) is 11.3 Å². The molecule has 1 aliphatic rings. The molecule has 0 spiro atoms. The normalized spacial score (nSPS) is 14.1. The first-order chi connectivity index (χ1) is 13.0. The standard InChI is InChI=1S/C21H26N2O3S/c1-4-26-21(25)17-11-18(14(2)3)27-20(17)22-19(24)13-23-10-9-15-7-5-6-8-16(15)12-23/h5-8,11,14H,4,9-10,12-13H2,1-3H3,(H,22,24). The van der Waals surface area contributed by atoms with E-state index in [1.807, 2.05) is 12.1 Å². The number of ether oxygens (including phenoxy) is 1. The first-order valence-electron chi connectivity index (χ1n) is 9.37. The van der Waals surface area contributed by atoms with Crippen molar-refractivity contribution < 1.29 is 14.3 Å². The van der Waals surface area contributed by atoms with Gasteiger partial charge in [-0.1, -0.05) is 38.1 Å². The van der Waals surface area contributed by atoms with E-state index in [-0.39, 0.29) is 17.8 Å². The van der Waals surface area contributed by atoms with Crippen LogP contribution in [0.5, 0.6) is 0 Å².